The Labute approximate surface area is 177 Å². The molecule has 0 bridgehead atoms. The van der Waals surface area contributed by atoms with Gasteiger partial charge in [0, 0.05) is 50.9 Å². The normalized spacial score (nSPS) is 14.8. The van der Waals surface area contributed by atoms with E-state index in [-0.39, 0.29) is 10.8 Å². The molecule has 1 aliphatic heterocycles. The maximum absolute atomic E-state index is 12.8. The predicted molar refractivity (Wildman–Crippen MR) is 113 cm³/mol. The van der Waals surface area contributed by atoms with Crippen LogP contribution in [0.1, 0.15) is 24.2 Å². The number of rotatable bonds is 7. The van der Waals surface area contributed by atoms with E-state index in [9.17, 15) is 13.2 Å². The highest BCUT2D eigenvalue weighted by Crippen LogP contribution is 2.19. The average molecular weight is 434 g/mol. The van der Waals surface area contributed by atoms with Crippen LogP contribution in [0.3, 0.4) is 0 Å². The number of nitrogens with zero attached hydrogens (tertiary/aromatic N) is 5. The van der Waals surface area contributed by atoms with Gasteiger partial charge in [-0.05, 0) is 30.3 Å². The van der Waals surface area contributed by atoms with E-state index in [1.165, 1.54) is 16.4 Å². The Hall–Kier alpha value is -2.72. The van der Waals surface area contributed by atoms with Crippen molar-refractivity contribution in [1.29, 1.82) is 0 Å². The largest absolute Gasteiger partial charge is 0.480 e. The molecular formula is C20H27N5O4S. The minimum atomic E-state index is -3.53. The predicted octanol–water partition coefficient (Wildman–Crippen LogP) is 1.48. The standard InChI is InChI=1S/C20H27N5O4S/c1-4-25(5-2)30(27,28)17-8-6-16(7-9-17)20(26)24-14-12-23(13-15-24)18-10-11-19(29-3)22-21-18/h6-11H,4-5,12-15H2,1-3H3. The maximum atomic E-state index is 12.8. The van der Waals surface area contributed by atoms with Gasteiger partial charge < -0.3 is 14.5 Å². The summed E-state index contributed by atoms with van der Waals surface area (Å²) in [6, 6.07) is 9.78. The fraction of sp³-hybridized carbons (Fsp3) is 0.450. The van der Waals surface area contributed by atoms with Crippen molar-refractivity contribution >= 4 is 21.7 Å². The summed E-state index contributed by atoms with van der Waals surface area (Å²) in [5.41, 5.74) is 0.478. The third-order valence-corrected chi connectivity index (χ3v) is 7.23. The van der Waals surface area contributed by atoms with Crippen LogP contribution in [0.25, 0.3) is 0 Å². The third-order valence-electron chi connectivity index (χ3n) is 5.17. The van der Waals surface area contributed by atoms with Crippen LogP contribution in [-0.4, -0.2) is 80.1 Å². The van der Waals surface area contributed by atoms with Crippen LogP contribution in [0.4, 0.5) is 5.82 Å². The highest BCUT2D eigenvalue weighted by Gasteiger charge is 2.25. The smallest absolute Gasteiger partial charge is 0.253 e. The number of amides is 1. The summed E-state index contributed by atoms with van der Waals surface area (Å²) in [6.07, 6.45) is 0. The first-order valence-electron chi connectivity index (χ1n) is 9.92. The molecule has 162 valence electrons. The minimum Gasteiger partial charge on any atom is -0.480 e. The molecule has 0 saturated carbocycles. The SMILES string of the molecule is CCN(CC)S(=O)(=O)c1ccc(C(=O)N2CCN(c3ccc(OC)nn3)CC2)cc1. The zero-order chi connectivity index (χ0) is 21.7. The third kappa shape index (κ3) is 4.54. The molecule has 1 amide bonds. The molecule has 30 heavy (non-hydrogen) atoms. The van der Waals surface area contributed by atoms with Crippen molar-refractivity contribution < 1.29 is 17.9 Å². The second-order valence-electron chi connectivity index (χ2n) is 6.83. The summed E-state index contributed by atoms with van der Waals surface area (Å²) >= 11 is 0. The van der Waals surface area contributed by atoms with Gasteiger partial charge in [-0.15, -0.1) is 10.2 Å². The molecule has 3 rings (SSSR count). The molecule has 1 aromatic carbocycles. The van der Waals surface area contributed by atoms with Gasteiger partial charge in [-0.2, -0.15) is 4.31 Å². The number of piperazine rings is 1. The molecule has 2 heterocycles. The highest BCUT2D eigenvalue weighted by molar-refractivity contribution is 7.89. The number of anilines is 1. The fourth-order valence-corrected chi connectivity index (χ4v) is 4.85. The quantitative estimate of drug-likeness (QED) is 0.652. The lowest BCUT2D eigenvalue weighted by Crippen LogP contribution is -2.49. The number of hydrogen-bond acceptors (Lipinski definition) is 7. The average Bonchev–Trinajstić information content (AvgIpc) is 2.79. The van der Waals surface area contributed by atoms with E-state index in [1.54, 1.807) is 44.1 Å². The number of methoxy groups -OCH3 is 1. The van der Waals surface area contributed by atoms with Crippen LogP contribution >= 0.6 is 0 Å². The summed E-state index contributed by atoms with van der Waals surface area (Å²) < 4.78 is 31.6. The van der Waals surface area contributed by atoms with E-state index in [0.29, 0.717) is 50.7 Å². The molecule has 0 N–H and O–H groups in total. The number of hydrogen-bond donors (Lipinski definition) is 0. The molecule has 0 unspecified atom stereocenters. The van der Waals surface area contributed by atoms with Crippen molar-refractivity contribution in [2.24, 2.45) is 0 Å². The first-order chi connectivity index (χ1) is 14.4. The van der Waals surface area contributed by atoms with Gasteiger partial charge in [0.2, 0.25) is 15.9 Å². The van der Waals surface area contributed by atoms with Gasteiger partial charge in [-0.25, -0.2) is 8.42 Å². The number of ether oxygens (including phenoxy) is 1. The van der Waals surface area contributed by atoms with E-state index >= 15 is 0 Å². The Morgan fingerprint density at radius 3 is 2.13 bits per heavy atom. The van der Waals surface area contributed by atoms with E-state index in [0.717, 1.165) is 5.82 Å². The summed E-state index contributed by atoms with van der Waals surface area (Å²) in [7, 11) is -1.99. The van der Waals surface area contributed by atoms with Crippen molar-refractivity contribution in [2.75, 3.05) is 51.3 Å². The van der Waals surface area contributed by atoms with E-state index in [2.05, 4.69) is 15.1 Å². The summed E-state index contributed by atoms with van der Waals surface area (Å²) in [4.78, 5) is 16.9. The van der Waals surface area contributed by atoms with Crippen LogP contribution in [-0.2, 0) is 10.0 Å². The Kier molecular flexibility index (Phi) is 6.88. The molecule has 2 aromatic rings. The van der Waals surface area contributed by atoms with Crippen molar-refractivity contribution in [3.8, 4) is 5.88 Å². The van der Waals surface area contributed by atoms with E-state index in [1.807, 2.05) is 6.07 Å². The lowest BCUT2D eigenvalue weighted by atomic mass is 10.2. The van der Waals surface area contributed by atoms with Gasteiger partial charge in [0.05, 0.1) is 12.0 Å². The zero-order valence-electron chi connectivity index (χ0n) is 17.5. The number of benzene rings is 1. The molecular weight excluding hydrogens is 406 g/mol. The van der Waals surface area contributed by atoms with Gasteiger partial charge in [-0.1, -0.05) is 13.8 Å². The lowest BCUT2D eigenvalue weighted by molar-refractivity contribution is 0.0746. The fourth-order valence-electron chi connectivity index (χ4n) is 3.39. The topological polar surface area (TPSA) is 95.9 Å². The summed E-state index contributed by atoms with van der Waals surface area (Å²) in [5, 5.41) is 8.13. The maximum Gasteiger partial charge on any atom is 0.253 e. The Morgan fingerprint density at radius 1 is 1.00 bits per heavy atom. The van der Waals surface area contributed by atoms with Crippen molar-refractivity contribution in [1.82, 2.24) is 19.4 Å². The molecule has 1 fully saturated rings. The second-order valence-corrected chi connectivity index (χ2v) is 8.76. The molecule has 1 aliphatic rings. The molecule has 0 atom stereocenters. The Morgan fingerprint density at radius 2 is 1.63 bits per heavy atom. The van der Waals surface area contributed by atoms with Gasteiger partial charge in [-0.3, -0.25) is 4.79 Å². The molecule has 9 nitrogen and oxygen atoms in total. The van der Waals surface area contributed by atoms with Gasteiger partial charge in [0.25, 0.3) is 5.91 Å². The first kappa shape index (κ1) is 22.0. The number of aromatic nitrogens is 2. The van der Waals surface area contributed by atoms with E-state index in [4.69, 9.17) is 4.74 Å². The number of carbonyl (C=O) groups excluding carboxylic acids is 1. The van der Waals surface area contributed by atoms with E-state index < -0.39 is 10.0 Å². The van der Waals surface area contributed by atoms with Crippen LogP contribution in [0, 0.1) is 0 Å². The molecule has 10 heteroatoms. The van der Waals surface area contributed by atoms with Gasteiger partial charge >= 0.3 is 0 Å². The number of sulfonamides is 1. The van der Waals surface area contributed by atoms with Gasteiger partial charge in [0.15, 0.2) is 5.82 Å². The molecule has 0 aliphatic carbocycles. The van der Waals surface area contributed by atoms with Crippen molar-refractivity contribution in [3.63, 3.8) is 0 Å². The van der Waals surface area contributed by atoms with Crippen LogP contribution in [0.2, 0.25) is 0 Å². The molecule has 0 spiro atoms. The lowest BCUT2D eigenvalue weighted by Gasteiger charge is -2.35. The highest BCUT2D eigenvalue weighted by atomic mass is 32.2. The molecule has 1 aromatic heterocycles. The Bertz CT molecular complexity index is 952. The van der Waals surface area contributed by atoms with Crippen LogP contribution in [0.5, 0.6) is 5.88 Å². The Balaban J connectivity index is 1.63. The second kappa shape index (κ2) is 9.40. The first-order valence-corrected chi connectivity index (χ1v) is 11.4. The zero-order valence-corrected chi connectivity index (χ0v) is 18.3. The molecule has 0 radical (unpaired) electrons. The monoisotopic (exact) mass is 433 g/mol. The van der Waals surface area contributed by atoms with Crippen LogP contribution < -0.4 is 9.64 Å². The van der Waals surface area contributed by atoms with Crippen LogP contribution in [0.15, 0.2) is 41.3 Å². The van der Waals surface area contributed by atoms with Crippen molar-refractivity contribution in [2.45, 2.75) is 18.7 Å². The molecule has 1 saturated heterocycles. The van der Waals surface area contributed by atoms with Gasteiger partial charge in [0.1, 0.15) is 0 Å². The summed E-state index contributed by atoms with van der Waals surface area (Å²) in [5.74, 6) is 1.09. The summed E-state index contributed by atoms with van der Waals surface area (Å²) in [6.45, 7) is 6.79. The number of carbonyl (C=O) groups is 1. The van der Waals surface area contributed by atoms with Crippen molar-refractivity contribution in [3.05, 3.63) is 42.0 Å². The minimum absolute atomic E-state index is 0.109.